The Morgan fingerprint density at radius 2 is 2.08 bits per heavy atom. The van der Waals surface area contributed by atoms with E-state index in [1.165, 1.54) is 0 Å². The number of amides is 1. The van der Waals surface area contributed by atoms with E-state index in [0.717, 1.165) is 36.5 Å². The number of hydrogen-bond donors (Lipinski definition) is 1. The van der Waals surface area contributed by atoms with Crippen LogP contribution in [0.1, 0.15) is 20.8 Å². The molecule has 0 aromatic carbocycles. The Balaban J connectivity index is 1.35. The smallest absolute Gasteiger partial charge is 0.410 e. The SMILES string of the molecule is CN(CC1[C@H]2CN(C(=O)OC(C)(C)C)C[C@@H]12)c1ncnc2[nH]ccc12. The number of aromatic nitrogens is 3. The Kier molecular flexibility index (Phi) is 3.63. The highest BCUT2D eigenvalue weighted by atomic mass is 16.6. The third-order valence-electron chi connectivity index (χ3n) is 5.20. The number of anilines is 1. The topological polar surface area (TPSA) is 74.3 Å². The zero-order valence-electron chi connectivity index (χ0n) is 15.2. The summed E-state index contributed by atoms with van der Waals surface area (Å²) in [6, 6.07) is 2.01. The molecule has 0 radical (unpaired) electrons. The van der Waals surface area contributed by atoms with Crippen molar-refractivity contribution >= 4 is 22.9 Å². The molecule has 4 rings (SSSR count). The molecule has 134 valence electrons. The number of rotatable bonds is 3. The van der Waals surface area contributed by atoms with E-state index in [1.807, 2.05) is 37.9 Å². The molecule has 0 bridgehead atoms. The highest BCUT2D eigenvalue weighted by Crippen LogP contribution is 2.52. The van der Waals surface area contributed by atoms with Crippen molar-refractivity contribution < 1.29 is 9.53 Å². The summed E-state index contributed by atoms with van der Waals surface area (Å²) < 4.78 is 5.47. The minimum Gasteiger partial charge on any atom is -0.444 e. The first-order valence-electron chi connectivity index (χ1n) is 8.80. The summed E-state index contributed by atoms with van der Waals surface area (Å²) in [5.74, 6) is 2.74. The second kappa shape index (κ2) is 5.61. The first-order chi connectivity index (χ1) is 11.8. The first-order valence-corrected chi connectivity index (χ1v) is 8.80. The van der Waals surface area contributed by atoms with Crippen molar-refractivity contribution in [2.45, 2.75) is 26.4 Å². The minimum absolute atomic E-state index is 0.184. The average molecular weight is 343 g/mol. The van der Waals surface area contributed by atoms with Crippen LogP contribution in [0.3, 0.4) is 0 Å². The lowest BCUT2D eigenvalue weighted by atomic mass is 10.2. The van der Waals surface area contributed by atoms with Gasteiger partial charge in [-0.2, -0.15) is 0 Å². The highest BCUT2D eigenvalue weighted by Gasteiger charge is 2.57. The Bertz CT molecular complexity index is 784. The molecule has 2 aliphatic rings. The van der Waals surface area contributed by atoms with E-state index < -0.39 is 5.60 Å². The number of nitrogens with one attached hydrogen (secondary N) is 1. The Labute approximate surface area is 147 Å². The fourth-order valence-electron chi connectivity index (χ4n) is 3.96. The van der Waals surface area contributed by atoms with Gasteiger partial charge in [0.1, 0.15) is 23.4 Å². The quantitative estimate of drug-likeness (QED) is 0.927. The Morgan fingerprint density at radius 1 is 1.36 bits per heavy atom. The summed E-state index contributed by atoms with van der Waals surface area (Å²) >= 11 is 0. The number of likely N-dealkylation sites (tertiary alicyclic amines) is 1. The molecule has 2 aromatic rings. The van der Waals surface area contributed by atoms with E-state index >= 15 is 0 Å². The van der Waals surface area contributed by atoms with Crippen LogP contribution in [-0.2, 0) is 4.74 Å². The van der Waals surface area contributed by atoms with Crippen molar-refractivity contribution in [2.75, 3.05) is 31.6 Å². The third kappa shape index (κ3) is 3.03. The predicted octanol–water partition coefficient (Wildman–Crippen LogP) is 2.51. The summed E-state index contributed by atoms with van der Waals surface area (Å²) in [4.78, 5) is 28.0. The van der Waals surface area contributed by atoms with Crippen molar-refractivity contribution in [3.63, 3.8) is 0 Å². The minimum atomic E-state index is -0.432. The number of ether oxygens (including phenoxy) is 1. The zero-order chi connectivity index (χ0) is 17.8. The maximum atomic E-state index is 12.2. The predicted molar refractivity (Wildman–Crippen MR) is 95.4 cm³/mol. The van der Waals surface area contributed by atoms with Gasteiger partial charge in [-0.05, 0) is 44.6 Å². The van der Waals surface area contributed by atoms with E-state index in [1.54, 1.807) is 6.33 Å². The zero-order valence-corrected chi connectivity index (χ0v) is 15.2. The number of hydrogen-bond acceptors (Lipinski definition) is 5. The van der Waals surface area contributed by atoms with Gasteiger partial charge in [-0.25, -0.2) is 14.8 Å². The fraction of sp³-hybridized carbons (Fsp3) is 0.611. The van der Waals surface area contributed by atoms with E-state index in [-0.39, 0.29) is 6.09 Å². The molecule has 7 nitrogen and oxygen atoms in total. The number of piperidine rings is 1. The van der Waals surface area contributed by atoms with Crippen LogP contribution in [0.25, 0.3) is 11.0 Å². The van der Waals surface area contributed by atoms with Gasteiger partial charge in [0.15, 0.2) is 0 Å². The van der Waals surface area contributed by atoms with Crippen molar-refractivity contribution in [3.05, 3.63) is 18.6 Å². The molecular weight excluding hydrogens is 318 g/mol. The van der Waals surface area contributed by atoms with Crippen molar-refractivity contribution in [1.82, 2.24) is 19.9 Å². The molecule has 1 saturated carbocycles. The van der Waals surface area contributed by atoms with Crippen LogP contribution in [0.4, 0.5) is 10.6 Å². The van der Waals surface area contributed by atoms with Crippen LogP contribution in [0.2, 0.25) is 0 Å². The molecular formula is C18H25N5O2. The molecule has 25 heavy (non-hydrogen) atoms. The molecule has 1 saturated heterocycles. The van der Waals surface area contributed by atoms with Gasteiger partial charge in [0.25, 0.3) is 0 Å². The van der Waals surface area contributed by atoms with E-state index in [2.05, 4.69) is 26.9 Å². The summed E-state index contributed by atoms with van der Waals surface area (Å²) in [6.07, 6.45) is 3.31. The van der Waals surface area contributed by atoms with Gasteiger partial charge in [-0.3, -0.25) is 0 Å². The maximum absolute atomic E-state index is 12.2. The van der Waals surface area contributed by atoms with Gasteiger partial charge in [0.05, 0.1) is 5.39 Å². The van der Waals surface area contributed by atoms with Crippen LogP contribution in [0.5, 0.6) is 0 Å². The van der Waals surface area contributed by atoms with Gasteiger partial charge < -0.3 is 19.5 Å². The van der Waals surface area contributed by atoms with Gasteiger partial charge in [-0.1, -0.05) is 0 Å². The molecule has 1 N–H and O–H groups in total. The highest BCUT2D eigenvalue weighted by molar-refractivity contribution is 5.87. The van der Waals surface area contributed by atoms with E-state index in [9.17, 15) is 4.79 Å². The second-order valence-corrected chi connectivity index (χ2v) is 8.19. The van der Waals surface area contributed by atoms with Gasteiger partial charge >= 0.3 is 6.09 Å². The van der Waals surface area contributed by atoms with E-state index in [4.69, 9.17) is 4.74 Å². The number of nitrogens with zero attached hydrogens (tertiary/aromatic N) is 4. The van der Waals surface area contributed by atoms with Crippen molar-refractivity contribution in [3.8, 4) is 0 Å². The summed E-state index contributed by atoms with van der Waals surface area (Å²) in [5.41, 5.74) is 0.433. The largest absolute Gasteiger partial charge is 0.444 e. The van der Waals surface area contributed by atoms with Gasteiger partial charge in [0.2, 0.25) is 0 Å². The monoisotopic (exact) mass is 343 g/mol. The Hall–Kier alpha value is -2.31. The number of carbonyl (C=O) groups excluding carboxylic acids is 1. The lowest BCUT2D eigenvalue weighted by Gasteiger charge is -2.26. The number of fused-ring (bicyclic) bond motifs is 2. The summed E-state index contributed by atoms with van der Waals surface area (Å²) in [7, 11) is 2.08. The molecule has 1 aliphatic carbocycles. The Morgan fingerprint density at radius 3 is 2.76 bits per heavy atom. The normalized spacial score (nSPS) is 25.1. The number of H-pyrrole nitrogens is 1. The van der Waals surface area contributed by atoms with Crippen molar-refractivity contribution in [1.29, 1.82) is 0 Å². The van der Waals surface area contributed by atoms with Crippen LogP contribution in [0.15, 0.2) is 18.6 Å². The first kappa shape index (κ1) is 16.2. The number of carbonyl (C=O) groups is 1. The van der Waals surface area contributed by atoms with Crippen LogP contribution < -0.4 is 4.90 Å². The third-order valence-corrected chi connectivity index (χ3v) is 5.20. The van der Waals surface area contributed by atoms with Crippen LogP contribution in [0, 0.1) is 17.8 Å². The molecule has 1 unspecified atom stereocenters. The van der Waals surface area contributed by atoms with Crippen LogP contribution in [-0.4, -0.2) is 58.2 Å². The van der Waals surface area contributed by atoms with Gasteiger partial charge in [-0.15, -0.1) is 0 Å². The molecule has 1 amide bonds. The number of aromatic amines is 1. The fourth-order valence-corrected chi connectivity index (χ4v) is 3.96. The van der Waals surface area contributed by atoms with Crippen molar-refractivity contribution in [2.24, 2.45) is 17.8 Å². The lowest BCUT2D eigenvalue weighted by molar-refractivity contribution is 0.0266. The second-order valence-electron chi connectivity index (χ2n) is 8.19. The molecule has 1 aliphatic heterocycles. The summed E-state index contributed by atoms with van der Waals surface area (Å²) in [6.45, 7) is 8.28. The molecule has 2 fully saturated rings. The molecule has 2 aromatic heterocycles. The molecule has 0 spiro atoms. The van der Waals surface area contributed by atoms with E-state index in [0.29, 0.717) is 17.8 Å². The van der Waals surface area contributed by atoms with Gasteiger partial charge in [0, 0.05) is 32.9 Å². The summed E-state index contributed by atoms with van der Waals surface area (Å²) in [5, 5.41) is 1.05. The lowest BCUT2D eigenvalue weighted by Crippen LogP contribution is -2.37. The maximum Gasteiger partial charge on any atom is 0.410 e. The van der Waals surface area contributed by atoms with Crippen LogP contribution >= 0.6 is 0 Å². The molecule has 7 heteroatoms. The average Bonchev–Trinajstić information content (AvgIpc) is 2.97. The molecule has 3 atom stereocenters. The molecule has 3 heterocycles. The standard InChI is InChI=1S/C18H25N5O2/c1-18(2,3)25-17(24)23-8-13-12(14(13)9-23)7-22(4)16-11-5-6-19-15(11)20-10-21-16/h5-6,10,12-14H,7-9H2,1-4H3,(H,19,20,21)/t12?,13-,14+.